The fraction of sp³-hybridized carbons (Fsp3) is 0.714. The van der Waals surface area contributed by atoms with Gasteiger partial charge in [0.05, 0.1) is 11.7 Å². The molecule has 0 radical (unpaired) electrons. The van der Waals surface area contributed by atoms with E-state index in [1.165, 1.54) is 11.1 Å². The van der Waals surface area contributed by atoms with Crippen molar-refractivity contribution >= 4 is 0 Å². The molecule has 132 valence electrons. The van der Waals surface area contributed by atoms with Crippen LogP contribution in [0.3, 0.4) is 0 Å². The van der Waals surface area contributed by atoms with Gasteiger partial charge in [-0.2, -0.15) is 0 Å². The van der Waals surface area contributed by atoms with Crippen molar-refractivity contribution in [2.24, 2.45) is 23.2 Å². The largest absolute Gasteiger partial charge is 0.508 e. The number of rotatable bonds is 1. The van der Waals surface area contributed by atoms with E-state index in [2.05, 4.69) is 6.92 Å². The van der Waals surface area contributed by atoms with Crippen molar-refractivity contribution in [1.29, 1.82) is 0 Å². The molecule has 3 N–H and O–H groups in total. The van der Waals surface area contributed by atoms with Crippen molar-refractivity contribution in [3.8, 4) is 5.75 Å². The van der Waals surface area contributed by atoms with Gasteiger partial charge >= 0.3 is 0 Å². The minimum Gasteiger partial charge on any atom is -0.508 e. The second kappa shape index (κ2) is 5.22. The minimum atomic E-state index is -0.686. The lowest BCUT2D eigenvalue weighted by molar-refractivity contribution is -0.103. The van der Waals surface area contributed by atoms with Crippen molar-refractivity contribution in [3.05, 3.63) is 29.3 Å². The van der Waals surface area contributed by atoms with E-state index < -0.39 is 5.60 Å². The predicted molar refractivity (Wildman–Crippen MR) is 93.9 cm³/mol. The average Bonchev–Trinajstić information content (AvgIpc) is 2.83. The molecule has 1 aromatic carbocycles. The number of fused-ring (bicyclic) bond motifs is 5. The van der Waals surface area contributed by atoms with Gasteiger partial charge in [-0.3, -0.25) is 0 Å². The first kappa shape index (κ1) is 16.4. The molecular weight excluding hydrogens is 300 g/mol. The number of hydrogen-bond acceptors (Lipinski definition) is 3. The normalized spacial score (nSPS) is 41.5. The molecule has 0 amide bonds. The summed E-state index contributed by atoms with van der Waals surface area (Å²) in [6.07, 6.45) is 4.69. The summed E-state index contributed by atoms with van der Waals surface area (Å²) >= 11 is 0. The Labute approximate surface area is 144 Å². The van der Waals surface area contributed by atoms with Gasteiger partial charge in [0, 0.05) is 5.92 Å². The Morgan fingerprint density at radius 3 is 2.62 bits per heavy atom. The fourth-order valence-electron chi connectivity index (χ4n) is 6.81. The van der Waals surface area contributed by atoms with Crippen molar-refractivity contribution in [2.45, 2.75) is 70.5 Å². The fourth-order valence-corrected chi connectivity index (χ4v) is 6.81. The number of aliphatic hydroxyl groups is 2. The van der Waals surface area contributed by atoms with E-state index in [1.807, 2.05) is 26.0 Å². The van der Waals surface area contributed by atoms with Crippen LogP contribution in [0.4, 0.5) is 0 Å². The van der Waals surface area contributed by atoms with Crippen LogP contribution in [-0.2, 0) is 6.42 Å². The summed E-state index contributed by atoms with van der Waals surface area (Å²) in [6.45, 7) is 6.17. The van der Waals surface area contributed by atoms with Gasteiger partial charge < -0.3 is 15.3 Å². The Bertz CT molecular complexity index is 647. The van der Waals surface area contributed by atoms with E-state index in [0.717, 1.165) is 32.1 Å². The highest BCUT2D eigenvalue weighted by Gasteiger charge is 2.60. The molecule has 0 bridgehead atoms. The zero-order valence-corrected chi connectivity index (χ0v) is 15.0. The predicted octanol–water partition coefficient (Wildman–Crippen LogP) is 3.61. The van der Waals surface area contributed by atoms with Crippen LogP contribution in [0, 0.1) is 23.2 Å². The minimum absolute atomic E-state index is 0.0211. The van der Waals surface area contributed by atoms with Gasteiger partial charge in [0.2, 0.25) is 0 Å². The monoisotopic (exact) mass is 330 g/mol. The van der Waals surface area contributed by atoms with Crippen LogP contribution >= 0.6 is 0 Å². The van der Waals surface area contributed by atoms with E-state index in [4.69, 9.17) is 0 Å². The zero-order chi connectivity index (χ0) is 17.3. The zero-order valence-electron chi connectivity index (χ0n) is 15.0. The highest BCUT2D eigenvalue weighted by molar-refractivity contribution is 5.41. The Hall–Kier alpha value is -1.06. The van der Waals surface area contributed by atoms with Crippen molar-refractivity contribution in [1.82, 2.24) is 0 Å². The molecule has 0 heterocycles. The number of phenolic OH excluding ortho intramolecular Hbond substituents is 1. The van der Waals surface area contributed by atoms with E-state index in [0.29, 0.717) is 17.6 Å². The molecule has 4 rings (SSSR count). The summed E-state index contributed by atoms with van der Waals surface area (Å²) in [7, 11) is 0. The lowest BCUT2D eigenvalue weighted by Gasteiger charge is -2.54. The molecule has 24 heavy (non-hydrogen) atoms. The molecule has 3 aliphatic carbocycles. The van der Waals surface area contributed by atoms with Gasteiger partial charge in [-0.15, -0.1) is 0 Å². The van der Waals surface area contributed by atoms with Crippen molar-refractivity contribution in [3.63, 3.8) is 0 Å². The quantitative estimate of drug-likeness (QED) is 0.737. The number of phenols is 1. The molecule has 0 aromatic heterocycles. The first-order valence-corrected chi connectivity index (χ1v) is 9.44. The van der Waals surface area contributed by atoms with E-state index >= 15 is 0 Å². The molecule has 0 spiro atoms. The van der Waals surface area contributed by atoms with Crippen LogP contribution in [0.25, 0.3) is 0 Å². The third kappa shape index (κ3) is 2.24. The molecule has 2 fully saturated rings. The molecule has 2 saturated carbocycles. The summed E-state index contributed by atoms with van der Waals surface area (Å²) in [5, 5.41) is 31.5. The summed E-state index contributed by atoms with van der Waals surface area (Å²) in [5.74, 6) is 1.83. The summed E-state index contributed by atoms with van der Waals surface area (Å²) in [5.41, 5.74) is 1.78. The average molecular weight is 330 g/mol. The summed E-state index contributed by atoms with van der Waals surface area (Å²) in [6, 6.07) is 5.66. The first-order valence-electron chi connectivity index (χ1n) is 9.44. The van der Waals surface area contributed by atoms with Crippen LogP contribution in [-0.4, -0.2) is 27.0 Å². The maximum absolute atomic E-state index is 11.1. The third-order valence-electron chi connectivity index (χ3n) is 7.54. The Morgan fingerprint density at radius 2 is 1.92 bits per heavy atom. The molecule has 3 heteroatoms. The number of aliphatic hydroxyl groups excluding tert-OH is 1. The Morgan fingerprint density at radius 1 is 1.17 bits per heavy atom. The number of hydrogen-bond donors (Lipinski definition) is 3. The van der Waals surface area contributed by atoms with Crippen LogP contribution in [0.2, 0.25) is 0 Å². The number of benzene rings is 1. The van der Waals surface area contributed by atoms with Crippen molar-refractivity contribution < 1.29 is 15.3 Å². The third-order valence-corrected chi connectivity index (χ3v) is 7.54. The molecule has 1 aromatic rings. The molecule has 3 aliphatic rings. The lowest BCUT2D eigenvalue weighted by Crippen LogP contribution is -2.52. The van der Waals surface area contributed by atoms with Gasteiger partial charge in [-0.25, -0.2) is 0 Å². The van der Waals surface area contributed by atoms with Gasteiger partial charge in [-0.1, -0.05) is 13.0 Å². The summed E-state index contributed by atoms with van der Waals surface area (Å²) in [4.78, 5) is 0. The van der Waals surface area contributed by atoms with Gasteiger partial charge in [0.15, 0.2) is 0 Å². The lowest BCUT2D eigenvalue weighted by atomic mass is 9.52. The second-order valence-electron chi connectivity index (χ2n) is 9.28. The molecule has 0 saturated heterocycles. The van der Waals surface area contributed by atoms with Crippen LogP contribution in [0.1, 0.15) is 63.5 Å². The topological polar surface area (TPSA) is 60.7 Å². The number of aromatic hydroxyl groups is 1. The van der Waals surface area contributed by atoms with Crippen LogP contribution in [0.5, 0.6) is 5.75 Å². The van der Waals surface area contributed by atoms with Gasteiger partial charge in [0.1, 0.15) is 5.75 Å². The first-order chi connectivity index (χ1) is 11.2. The van der Waals surface area contributed by atoms with Gasteiger partial charge in [0.25, 0.3) is 0 Å². The molecule has 4 unspecified atom stereocenters. The molecular formula is C21H30O3. The van der Waals surface area contributed by atoms with Gasteiger partial charge in [-0.05, 0) is 92.4 Å². The van der Waals surface area contributed by atoms with Crippen LogP contribution in [0.15, 0.2) is 18.2 Å². The Kier molecular flexibility index (Phi) is 3.57. The molecule has 0 aliphatic heterocycles. The van der Waals surface area contributed by atoms with E-state index in [1.54, 1.807) is 6.07 Å². The maximum atomic E-state index is 11.1. The van der Waals surface area contributed by atoms with Crippen LogP contribution < -0.4 is 0 Å². The number of aryl methyl sites for hydroxylation is 1. The highest BCUT2D eigenvalue weighted by atomic mass is 16.3. The maximum Gasteiger partial charge on any atom is 0.115 e. The smallest absolute Gasteiger partial charge is 0.115 e. The highest BCUT2D eigenvalue weighted by Crippen LogP contribution is 2.64. The standard InChI is InChI=1S/C21H30O3/c1-20(2,24)18-9-8-16-15-6-4-12-10-13(22)5-7-14(12)19(15)17(23)11-21(16,18)3/h5,7,10,15-19,22-24H,4,6,8-9,11H2,1-3H3/t15?,16?,17-,18?,19?,21-/m0/s1. The molecule has 3 nitrogen and oxygen atoms in total. The van der Waals surface area contributed by atoms with Crippen molar-refractivity contribution in [2.75, 3.05) is 0 Å². The second-order valence-corrected chi connectivity index (χ2v) is 9.28. The SMILES string of the molecule is CC(C)(O)C1CCC2C3CCc4cc(O)ccc4C3[C@@H](O)C[C@@]21C. The van der Waals surface area contributed by atoms with E-state index in [-0.39, 0.29) is 23.4 Å². The Balaban J connectivity index is 1.73. The molecule has 6 atom stereocenters. The van der Waals surface area contributed by atoms with E-state index in [9.17, 15) is 15.3 Å². The summed E-state index contributed by atoms with van der Waals surface area (Å²) < 4.78 is 0.